The molecule has 1 aromatic carbocycles. The van der Waals surface area contributed by atoms with Crippen LogP contribution in [0.5, 0.6) is 11.5 Å². The summed E-state index contributed by atoms with van der Waals surface area (Å²) >= 11 is 7.63. The van der Waals surface area contributed by atoms with Gasteiger partial charge < -0.3 is 14.2 Å². The summed E-state index contributed by atoms with van der Waals surface area (Å²) in [6, 6.07) is 10.5. The molecule has 2 aromatic heterocycles. The predicted octanol–water partition coefficient (Wildman–Crippen LogP) is 5.13. The molecule has 0 aliphatic carbocycles. The van der Waals surface area contributed by atoms with Crippen LogP contribution in [0, 0.1) is 4.77 Å². The zero-order chi connectivity index (χ0) is 22.8. The number of thiophene rings is 1. The molecule has 7 nitrogen and oxygen atoms in total. The smallest absolute Gasteiger partial charge is 0.199 e. The molecule has 2 atom stereocenters. The standard InChI is InChI=1S/C24H30N4O3S2/c1-29-17-9-10-19(21(14-17)30-2)20-7-3-11-26(20)16-28-24(32)27(15-18-6-4-12-31-18)23(25-28)22-8-5-13-33-22/h5,8-10,13-14,18,20H,3-4,6-7,11-12,15-16H2,1-2H3/t18-,20-/m1/s1. The number of benzene rings is 1. The summed E-state index contributed by atoms with van der Waals surface area (Å²) in [5, 5.41) is 7.08. The highest BCUT2D eigenvalue weighted by atomic mass is 32.1. The Morgan fingerprint density at radius 1 is 1.18 bits per heavy atom. The molecule has 33 heavy (non-hydrogen) atoms. The average molecular weight is 487 g/mol. The van der Waals surface area contributed by atoms with Gasteiger partial charge >= 0.3 is 0 Å². The molecule has 3 aromatic rings. The molecular formula is C24H30N4O3S2. The van der Waals surface area contributed by atoms with Crippen LogP contribution in [0.3, 0.4) is 0 Å². The minimum Gasteiger partial charge on any atom is -0.497 e. The van der Waals surface area contributed by atoms with Crippen molar-refractivity contribution in [3.8, 4) is 22.2 Å². The van der Waals surface area contributed by atoms with E-state index in [0.29, 0.717) is 6.67 Å². The topological polar surface area (TPSA) is 53.7 Å². The second-order valence-electron chi connectivity index (χ2n) is 8.55. The number of likely N-dealkylation sites (tertiary alicyclic amines) is 1. The van der Waals surface area contributed by atoms with Crippen molar-refractivity contribution in [1.82, 2.24) is 19.2 Å². The van der Waals surface area contributed by atoms with Crippen LogP contribution in [-0.4, -0.2) is 52.7 Å². The van der Waals surface area contributed by atoms with E-state index in [4.69, 9.17) is 31.5 Å². The van der Waals surface area contributed by atoms with Gasteiger partial charge in [-0.05, 0) is 55.4 Å². The maximum absolute atomic E-state index is 5.94. The van der Waals surface area contributed by atoms with Crippen molar-refractivity contribution in [3.63, 3.8) is 0 Å². The molecule has 0 saturated carbocycles. The van der Waals surface area contributed by atoms with E-state index in [1.807, 2.05) is 16.8 Å². The van der Waals surface area contributed by atoms with Gasteiger partial charge in [0.1, 0.15) is 11.5 Å². The molecule has 2 saturated heterocycles. The van der Waals surface area contributed by atoms with Gasteiger partial charge in [-0.25, -0.2) is 4.68 Å². The number of rotatable bonds is 8. The second kappa shape index (κ2) is 9.97. The van der Waals surface area contributed by atoms with E-state index < -0.39 is 0 Å². The van der Waals surface area contributed by atoms with Crippen molar-refractivity contribution >= 4 is 23.6 Å². The van der Waals surface area contributed by atoms with Crippen LogP contribution in [0.2, 0.25) is 0 Å². The molecule has 9 heteroatoms. The van der Waals surface area contributed by atoms with Gasteiger partial charge in [-0.3, -0.25) is 9.47 Å². The van der Waals surface area contributed by atoms with Gasteiger partial charge in [0.2, 0.25) is 0 Å². The van der Waals surface area contributed by atoms with E-state index in [1.54, 1.807) is 25.6 Å². The Kier molecular flexibility index (Phi) is 6.82. The van der Waals surface area contributed by atoms with Crippen LogP contribution in [0.1, 0.15) is 37.3 Å². The highest BCUT2D eigenvalue weighted by molar-refractivity contribution is 7.71. The van der Waals surface area contributed by atoms with Crippen LogP contribution in [0.4, 0.5) is 0 Å². The van der Waals surface area contributed by atoms with Crippen molar-refractivity contribution in [3.05, 3.63) is 46.0 Å². The van der Waals surface area contributed by atoms with Gasteiger partial charge in [0.15, 0.2) is 10.6 Å². The van der Waals surface area contributed by atoms with Gasteiger partial charge in [0, 0.05) is 30.8 Å². The zero-order valence-corrected chi connectivity index (χ0v) is 20.7. The molecule has 2 fully saturated rings. The highest BCUT2D eigenvalue weighted by Crippen LogP contribution is 2.39. The normalized spacial score (nSPS) is 21.0. The lowest BCUT2D eigenvalue weighted by atomic mass is 10.0. The minimum absolute atomic E-state index is 0.205. The molecule has 0 radical (unpaired) electrons. The quantitative estimate of drug-likeness (QED) is 0.411. The number of hydrogen-bond donors (Lipinski definition) is 0. The molecular weight excluding hydrogens is 456 g/mol. The largest absolute Gasteiger partial charge is 0.497 e. The third kappa shape index (κ3) is 4.59. The van der Waals surface area contributed by atoms with E-state index in [9.17, 15) is 0 Å². The van der Waals surface area contributed by atoms with Crippen molar-refractivity contribution in [1.29, 1.82) is 0 Å². The minimum atomic E-state index is 0.205. The first-order valence-corrected chi connectivity index (χ1v) is 12.8. The monoisotopic (exact) mass is 486 g/mol. The Morgan fingerprint density at radius 2 is 2.09 bits per heavy atom. The summed E-state index contributed by atoms with van der Waals surface area (Å²) in [7, 11) is 3.39. The van der Waals surface area contributed by atoms with Gasteiger partial charge in [-0.15, -0.1) is 16.4 Å². The predicted molar refractivity (Wildman–Crippen MR) is 132 cm³/mol. The molecule has 176 valence electrons. The molecule has 2 aliphatic rings. The number of aromatic nitrogens is 3. The lowest BCUT2D eigenvalue weighted by Gasteiger charge is -2.26. The Bertz CT molecular complexity index is 1140. The summed E-state index contributed by atoms with van der Waals surface area (Å²) < 4.78 is 21.9. The van der Waals surface area contributed by atoms with E-state index in [2.05, 4.69) is 33.0 Å². The zero-order valence-electron chi connectivity index (χ0n) is 19.1. The third-order valence-corrected chi connectivity index (χ3v) is 7.85. The first kappa shape index (κ1) is 22.6. The van der Waals surface area contributed by atoms with Crippen molar-refractivity contribution < 1.29 is 14.2 Å². The molecule has 0 amide bonds. The van der Waals surface area contributed by atoms with E-state index in [0.717, 1.165) is 72.4 Å². The summed E-state index contributed by atoms with van der Waals surface area (Å²) in [5.41, 5.74) is 1.18. The molecule has 0 bridgehead atoms. The third-order valence-electron chi connectivity index (χ3n) is 6.55. The van der Waals surface area contributed by atoms with Gasteiger partial charge in [0.25, 0.3) is 0 Å². The van der Waals surface area contributed by atoms with Crippen molar-refractivity contribution in [2.24, 2.45) is 0 Å². The van der Waals surface area contributed by atoms with Crippen LogP contribution in [0.25, 0.3) is 10.7 Å². The lowest BCUT2D eigenvalue weighted by molar-refractivity contribution is 0.0966. The number of methoxy groups -OCH3 is 2. The second-order valence-corrected chi connectivity index (χ2v) is 9.86. The maximum atomic E-state index is 5.94. The Hall–Kier alpha value is -2.20. The van der Waals surface area contributed by atoms with Gasteiger partial charge in [0.05, 0.1) is 38.4 Å². The van der Waals surface area contributed by atoms with E-state index >= 15 is 0 Å². The number of hydrogen-bond acceptors (Lipinski definition) is 7. The van der Waals surface area contributed by atoms with Gasteiger partial charge in [-0.1, -0.05) is 12.1 Å². The van der Waals surface area contributed by atoms with E-state index in [1.165, 1.54) is 5.56 Å². The van der Waals surface area contributed by atoms with E-state index in [-0.39, 0.29) is 12.1 Å². The molecule has 2 aliphatic heterocycles. The number of ether oxygens (including phenoxy) is 3. The molecule has 0 N–H and O–H groups in total. The molecule has 5 rings (SSSR count). The first-order chi connectivity index (χ1) is 16.2. The fourth-order valence-corrected chi connectivity index (χ4v) is 5.87. The van der Waals surface area contributed by atoms with Crippen LogP contribution >= 0.6 is 23.6 Å². The SMILES string of the molecule is COc1ccc([C@H]2CCCN2Cn2nc(-c3cccs3)n(C[C@H]3CCCO3)c2=S)c(OC)c1. The Balaban J connectivity index is 1.44. The molecule has 0 unspecified atom stereocenters. The summed E-state index contributed by atoms with van der Waals surface area (Å²) in [4.78, 5) is 3.58. The lowest BCUT2D eigenvalue weighted by Crippen LogP contribution is -2.27. The first-order valence-electron chi connectivity index (χ1n) is 11.5. The summed E-state index contributed by atoms with van der Waals surface area (Å²) in [6.07, 6.45) is 4.59. The van der Waals surface area contributed by atoms with Crippen LogP contribution in [0.15, 0.2) is 35.7 Å². The maximum Gasteiger partial charge on any atom is 0.199 e. The number of nitrogens with zero attached hydrogens (tertiary/aromatic N) is 4. The summed E-state index contributed by atoms with van der Waals surface area (Å²) in [6.45, 7) is 3.23. The van der Waals surface area contributed by atoms with Crippen LogP contribution in [-0.2, 0) is 18.0 Å². The molecule has 0 spiro atoms. The van der Waals surface area contributed by atoms with Crippen molar-refractivity contribution in [2.75, 3.05) is 27.4 Å². The summed E-state index contributed by atoms with van der Waals surface area (Å²) in [5.74, 6) is 2.59. The molecule has 4 heterocycles. The Morgan fingerprint density at radius 3 is 2.82 bits per heavy atom. The van der Waals surface area contributed by atoms with Gasteiger partial charge in [-0.2, -0.15) is 0 Å². The van der Waals surface area contributed by atoms with Crippen LogP contribution < -0.4 is 9.47 Å². The Labute approximate surface area is 203 Å². The fourth-order valence-electron chi connectivity index (χ4n) is 4.89. The average Bonchev–Trinajstić information content (AvgIpc) is 3.64. The van der Waals surface area contributed by atoms with Crippen molar-refractivity contribution in [2.45, 2.75) is 51.0 Å². The highest BCUT2D eigenvalue weighted by Gasteiger charge is 2.30. The fraction of sp³-hybridized carbons (Fsp3) is 0.500.